The van der Waals surface area contributed by atoms with Crippen molar-refractivity contribution >= 4 is 17.8 Å². The molecule has 2 aliphatic rings. The second kappa shape index (κ2) is 14.2. The Labute approximate surface area is 218 Å². The molecule has 10 nitrogen and oxygen atoms in total. The van der Waals surface area contributed by atoms with E-state index in [9.17, 15) is 14.4 Å². The molecule has 1 aliphatic heterocycles. The number of carbonyl (C=O) groups is 3. The van der Waals surface area contributed by atoms with Crippen molar-refractivity contribution in [2.45, 2.75) is 90.4 Å². The Kier molecular flexibility index (Phi) is 11.0. The van der Waals surface area contributed by atoms with Crippen LogP contribution < -0.4 is 14.8 Å². The van der Waals surface area contributed by atoms with Crippen LogP contribution in [0.5, 0.6) is 11.5 Å². The number of methoxy groups -OCH3 is 1. The van der Waals surface area contributed by atoms with Crippen molar-refractivity contribution < 1.29 is 38.1 Å². The average molecular weight is 521 g/mol. The van der Waals surface area contributed by atoms with Crippen LogP contribution in [0.25, 0.3) is 0 Å². The average Bonchev–Trinajstić information content (AvgIpc) is 3.69. The summed E-state index contributed by atoms with van der Waals surface area (Å²) in [5.74, 6) is -0.609. The molecule has 1 unspecified atom stereocenters. The molecule has 1 aromatic heterocycles. The molecule has 1 saturated carbocycles. The first kappa shape index (κ1) is 28.7. The number of carbonyl (C=O) groups excluding carboxylic acids is 3. The minimum absolute atomic E-state index is 0.0155. The SMILES string of the molecule is CCCC[C@H]1[C@H](C)OC(=O)C(NC(=O)c2nccc(OC)c2OCOC(C)=O)CCC[C@@H]1OCC1CC1. The van der Waals surface area contributed by atoms with E-state index in [1.165, 1.54) is 39.1 Å². The van der Waals surface area contributed by atoms with Crippen LogP contribution in [0.1, 0.15) is 82.6 Å². The van der Waals surface area contributed by atoms with E-state index >= 15 is 0 Å². The van der Waals surface area contributed by atoms with Gasteiger partial charge in [-0.2, -0.15) is 0 Å². The van der Waals surface area contributed by atoms with Crippen LogP contribution in [0.2, 0.25) is 0 Å². The van der Waals surface area contributed by atoms with Crippen molar-refractivity contribution in [3.63, 3.8) is 0 Å². The van der Waals surface area contributed by atoms with Crippen LogP contribution in [0.4, 0.5) is 0 Å². The van der Waals surface area contributed by atoms with Gasteiger partial charge in [0.05, 0.1) is 13.2 Å². The Morgan fingerprint density at radius 3 is 2.68 bits per heavy atom. The number of hydrogen-bond acceptors (Lipinski definition) is 9. The lowest BCUT2D eigenvalue weighted by atomic mass is 9.88. The fourth-order valence-electron chi connectivity index (χ4n) is 4.54. The summed E-state index contributed by atoms with van der Waals surface area (Å²) in [6.07, 6.45) is 8.44. The van der Waals surface area contributed by atoms with Crippen LogP contribution >= 0.6 is 0 Å². The van der Waals surface area contributed by atoms with Gasteiger partial charge in [-0.3, -0.25) is 9.59 Å². The van der Waals surface area contributed by atoms with Gasteiger partial charge in [0.25, 0.3) is 5.91 Å². The molecule has 206 valence electrons. The molecule has 1 aromatic rings. The molecule has 4 atom stereocenters. The third kappa shape index (κ3) is 8.59. The molecule has 1 aliphatic carbocycles. The Morgan fingerprint density at radius 2 is 2.00 bits per heavy atom. The number of amides is 1. The van der Waals surface area contributed by atoms with Crippen molar-refractivity contribution in [1.29, 1.82) is 0 Å². The summed E-state index contributed by atoms with van der Waals surface area (Å²) < 4.78 is 27.8. The first-order valence-electron chi connectivity index (χ1n) is 13.3. The Bertz CT molecular complexity index is 920. The van der Waals surface area contributed by atoms with E-state index in [0.717, 1.165) is 32.3 Å². The van der Waals surface area contributed by atoms with Crippen molar-refractivity contribution in [3.8, 4) is 11.5 Å². The first-order valence-corrected chi connectivity index (χ1v) is 13.3. The number of cyclic esters (lactones) is 1. The fraction of sp³-hybridized carbons (Fsp3) is 0.704. The predicted molar refractivity (Wildman–Crippen MR) is 134 cm³/mol. The first-order chi connectivity index (χ1) is 17.8. The van der Waals surface area contributed by atoms with Gasteiger partial charge >= 0.3 is 11.9 Å². The maximum Gasteiger partial charge on any atom is 0.328 e. The number of unbranched alkanes of at least 4 members (excludes halogenated alkanes) is 1. The van der Waals surface area contributed by atoms with Gasteiger partial charge in [0.1, 0.15) is 12.1 Å². The summed E-state index contributed by atoms with van der Waals surface area (Å²) in [6.45, 7) is 5.65. The summed E-state index contributed by atoms with van der Waals surface area (Å²) in [6, 6.07) is 0.673. The molecular weight excluding hydrogens is 480 g/mol. The van der Waals surface area contributed by atoms with Crippen LogP contribution in [-0.2, 0) is 23.8 Å². The van der Waals surface area contributed by atoms with E-state index in [1.807, 2.05) is 6.92 Å². The van der Waals surface area contributed by atoms with Crippen molar-refractivity contribution in [2.75, 3.05) is 20.5 Å². The Hall–Kier alpha value is -2.88. The van der Waals surface area contributed by atoms with E-state index in [2.05, 4.69) is 17.2 Å². The monoisotopic (exact) mass is 520 g/mol. The van der Waals surface area contributed by atoms with Crippen molar-refractivity contribution in [3.05, 3.63) is 18.0 Å². The van der Waals surface area contributed by atoms with Gasteiger partial charge in [0.15, 0.2) is 17.2 Å². The van der Waals surface area contributed by atoms with Crippen molar-refractivity contribution in [2.24, 2.45) is 11.8 Å². The van der Waals surface area contributed by atoms with Gasteiger partial charge in [-0.05, 0) is 51.4 Å². The third-order valence-electron chi connectivity index (χ3n) is 6.86. The minimum Gasteiger partial charge on any atom is -0.493 e. The lowest BCUT2D eigenvalue weighted by molar-refractivity contribution is -0.156. The van der Waals surface area contributed by atoms with Crippen molar-refractivity contribution in [1.82, 2.24) is 10.3 Å². The van der Waals surface area contributed by atoms with Gasteiger partial charge in [0, 0.05) is 31.7 Å². The molecule has 1 N–H and O–H groups in total. The predicted octanol–water partition coefficient (Wildman–Crippen LogP) is 3.81. The number of ether oxygens (including phenoxy) is 5. The van der Waals surface area contributed by atoms with Crippen LogP contribution in [-0.4, -0.2) is 61.6 Å². The van der Waals surface area contributed by atoms with Gasteiger partial charge < -0.3 is 29.0 Å². The lowest BCUT2D eigenvalue weighted by Gasteiger charge is -2.31. The molecular formula is C27H40N2O8. The van der Waals surface area contributed by atoms with Gasteiger partial charge in [0.2, 0.25) is 6.79 Å². The fourth-order valence-corrected chi connectivity index (χ4v) is 4.54. The van der Waals surface area contributed by atoms with E-state index in [1.54, 1.807) is 0 Å². The molecule has 2 heterocycles. The number of nitrogens with one attached hydrogen (secondary N) is 1. The standard InChI is InChI=1S/C27H40N2O8/c1-5-6-8-20-17(2)37-27(32)21(9-7-10-22(20)34-15-19-11-12-19)29-26(31)24-25(36-16-35-18(3)30)23(33-4)13-14-28-24/h13-14,17,19-22H,5-12,15-16H2,1-4H3,(H,29,31)/t17-,20-,21?,22-/m0/s1. The van der Waals surface area contributed by atoms with Gasteiger partial charge in [-0.15, -0.1) is 0 Å². The zero-order valence-electron chi connectivity index (χ0n) is 22.3. The molecule has 10 heteroatoms. The maximum absolute atomic E-state index is 13.2. The number of pyridine rings is 1. The molecule has 0 bridgehead atoms. The summed E-state index contributed by atoms with van der Waals surface area (Å²) in [4.78, 5) is 41.6. The van der Waals surface area contributed by atoms with Crippen LogP contribution in [0.15, 0.2) is 12.3 Å². The topological polar surface area (TPSA) is 122 Å². The van der Waals surface area contributed by atoms with Crippen LogP contribution in [0.3, 0.4) is 0 Å². The quantitative estimate of drug-likeness (QED) is 0.324. The van der Waals surface area contributed by atoms with Gasteiger partial charge in [-0.25, -0.2) is 9.78 Å². The highest BCUT2D eigenvalue weighted by Gasteiger charge is 2.36. The normalized spacial score (nSPS) is 24.2. The second-order valence-corrected chi connectivity index (χ2v) is 9.81. The largest absolute Gasteiger partial charge is 0.493 e. The lowest BCUT2D eigenvalue weighted by Crippen LogP contribution is -2.43. The number of rotatable bonds is 12. The number of hydrogen-bond donors (Lipinski definition) is 1. The highest BCUT2D eigenvalue weighted by atomic mass is 16.7. The van der Waals surface area contributed by atoms with E-state index < -0.39 is 30.7 Å². The molecule has 2 fully saturated rings. The third-order valence-corrected chi connectivity index (χ3v) is 6.86. The summed E-state index contributed by atoms with van der Waals surface area (Å²) in [5.41, 5.74) is -0.0845. The minimum atomic E-state index is -0.849. The number of aromatic nitrogens is 1. The number of esters is 2. The molecule has 37 heavy (non-hydrogen) atoms. The summed E-state index contributed by atoms with van der Waals surface area (Å²) in [5, 5.41) is 2.76. The van der Waals surface area contributed by atoms with E-state index in [-0.39, 0.29) is 35.3 Å². The zero-order chi connectivity index (χ0) is 26.8. The molecule has 0 spiro atoms. The molecule has 1 amide bonds. The summed E-state index contributed by atoms with van der Waals surface area (Å²) in [7, 11) is 1.42. The Morgan fingerprint density at radius 1 is 1.22 bits per heavy atom. The van der Waals surface area contributed by atoms with E-state index in [0.29, 0.717) is 18.8 Å². The molecule has 0 aromatic carbocycles. The van der Waals surface area contributed by atoms with Gasteiger partial charge in [-0.1, -0.05) is 19.8 Å². The maximum atomic E-state index is 13.2. The van der Waals surface area contributed by atoms with Crippen LogP contribution in [0, 0.1) is 11.8 Å². The highest BCUT2D eigenvalue weighted by molar-refractivity contribution is 5.98. The molecule has 1 saturated heterocycles. The number of nitrogens with zero attached hydrogens (tertiary/aromatic N) is 1. The smallest absolute Gasteiger partial charge is 0.328 e. The summed E-state index contributed by atoms with van der Waals surface area (Å²) >= 11 is 0. The van der Waals surface area contributed by atoms with E-state index in [4.69, 9.17) is 23.7 Å². The molecule has 0 radical (unpaired) electrons. The zero-order valence-corrected chi connectivity index (χ0v) is 22.3. The second-order valence-electron chi connectivity index (χ2n) is 9.81. The highest BCUT2D eigenvalue weighted by Crippen LogP contribution is 2.33. The Balaban J connectivity index is 1.72. The molecule has 3 rings (SSSR count).